The van der Waals surface area contributed by atoms with Crippen molar-refractivity contribution in [3.63, 3.8) is 0 Å². The molecule has 2 amide bonds. The van der Waals surface area contributed by atoms with Crippen molar-refractivity contribution in [2.24, 2.45) is 5.92 Å². The number of amides is 2. The predicted molar refractivity (Wildman–Crippen MR) is 123 cm³/mol. The molecule has 3 heterocycles. The van der Waals surface area contributed by atoms with E-state index in [1.807, 2.05) is 26.0 Å². The van der Waals surface area contributed by atoms with Gasteiger partial charge in [-0.15, -0.1) is 0 Å². The third kappa shape index (κ3) is 5.94. The highest BCUT2D eigenvalue weighted by Crippen LogP contribution is 2.23. The monoisotopic (exact) mass is 443 g/mol. The average Bonchev–Trinajstić information content (AvgIpc) is 3.03. The van der Waals surface area contributed by atoms with Gasteiger partial charge in [-0.3, -0.25) is 14.3 Å². The Balaban J connectivity index is 1.62. The number of carbonyl (C=O) groups excluding carboxylic acids is 2. The summed E-state index contributed by atoms with van der Waals surface area (Å²) in [5.74, 6) is 0.0627. The molecule has 1 saturated heterocycles. The summed E-state index contributed by atoms with van der Waals surface area (Å²) in [7, 11) is 0. The topological polar surface area (TPSA) is 80.1 Å². The molecule has 1 atom stereocenters. The van der Waals surface area contributed by atoms with Crippen LogP contribution in [0.4, 0.5) is 5.82 Å². The van der Waals surface area contributed by atoms with Gasteiger partial charge >= 0.3 is 0 Å². The van der Waals surface area contributed by atoms with Gasteiger partial charge < -0.3 is 10.2 Å². The lowest BCUT2D eigenvalue weighted by atomic mass is 9.97. The number of carbonyl (C=O) groups is 2. The maximum Gasteiger partial charge on any atom is 0.246 e. The van der Waals surface area contributed by atoms with Gasteiger partial charge in [0.25, 0.3) is 0 Å². The summed E-state index contributed by atoms with van der Waals surface area (Å²) in [6, 6.07) is 5.51. The molecular weight excluding hydrogens is 414 g/mol. The van der Waals surface area contributed by atoms with Gasteiger partial charge in [0.15, 0.2) is 0 Å². The number of anilines is 1. The fraction of sp³-hybridized carbons (Fsp3) is 0.478. The van der Waals surface area contributed by atoms with Gasteiger partial charge in [0, 0.05) is 37.0 Å². The summed E-state index contributed by atoms with van der Waals surface area (Å²) in [4.78, 5) is 31.5. The molecule has 31 heavy (non-hydrogen) atoms. The molecule has 8 heteroatoms. The molecule has 2 aromatic heterocycles. The van der Waals surface area contributed by atoms with Crippen LogP contribution in [0, 0.1) is 19.8 Å². The Morgan fingerprint density at radius 1 is 1.32 bits per heavy atom. The zero-order valence-electron chi connectivity index (χ0n) is 18.4. The van der Waals surface area contributed by atoms with E-state index in [9.17, 15) is 9.59 Å². The van der Waals surface area contributed by atoms with Crippen molar-refractivity contribution >= 4 is 35.3 Å². The number of likely N-dealkylation sites (tertiary alicyclic amines) is 1. The quantitative estimate of drug-likeness (QED) is 0.649. The van der Waals surface area contributed by atoms with Crippen LogP contribution in [-0.2, 0) is 16.1 Å². The Hall–Kier alpha value is -2.67. The highest BCUT2D eigenvalue weighted by molar-refractivity contribution is 6.31. The number of nitrogens with one attached hydrogen (secondary N) is 1. The van der Waals surface area contributed by atoms with Crippen molar-refractivity contribution in [1.82, 2.24) is 19.7 Å². The molecule has 2 aromatic rings. The van der Waals surface area contributed by atoms with Gasteiger partial charge in [0.05, 0.1) is 11.6 Å². The van der Waals surface area contributed by atoms with E-state index in [1.54, 1.807) is 21.7 Å². The normalized spacial score (nSPS) is 16.6. The number of aromatic nitrogens is 3. The lowest BCUT2D eigenvalue weighted by Crippen LogP contribution is -2.43. The number of nitrogens with zero attached hydrogens (tertiary/aromatic N) is 4. The summed E-state index contributed by atoms with van der Waals surface area (Å²) >= 11 is 6.45. The van der Waals surface area contributed by atoms with Gasteiger partial charge in [-0.2, -0.15) is 5.10 Å². The Morgan fingerprint density at radius 2 is 2.13 bits per heavy atom. The summed E-state index contributed by atoms with van der Waals surface area (Å²) in [5.41, 5.74) is 2.41. The highest BCUT2D eigenvalue weighted by Gasteiger charge is 2.28. The van der Waals surface area contributed by atoms with Crippen LogP contribution in [0.15, 0.2) is 24.3 Å². The molecular formula is C23H30ClN5O2. The SMILES string of the molecule is CCCCn1nc(C)c(/C=C/C(=O)N2CCCC(C(=O)Nc3cccc(C)n3)C2)c1Cl. The molecule has 0 aliphatic carbocycles. The van der Waals surface area contributed by atoms with Crippen molar-refractivity contribution in [3.8, 4) is 0 Å². The Kier molecular flexibility index (Phi) is 7.85. The van der Waals surface area contributed by atoms with E-state index in [-0.39, 0.29) is 17.7 Å². The maximum absolute atomic E-state index is 12.8. The molecule has 0 radical (unpaired) electrons. The van der Waals surface area contributed by atoms with Crippen LogP contribution in [0.25, 0.3) is 6.08 Å². The lowest BCUT2D eigenvalue weighted by Gasteiger charge is -2.31. The van der Waals surface area contributed by atoms with Crippen LogP contribution < -0.4 is 5.32 Å². The number of rotatable bonds is 7. The Bertz CT molecular complexity index is 969. The molecule has 0 aromatic carbocycles. The molecule has 0 bridgehead atoms. The van der Waals surface area contributed by atoms with E-state index in [4.69, 9.17) is 11.6 Å². The standard InChI is InChI=1S/C23H30ClN5O2/c1-4-5-14-29-22(24)19(17(3)27-29)11-12-21(30)28-13-7-9-18(15-28)23(31)26-20-10-6-8-16(2)25-20/h6,8,10-12,18H,4-5,7,9,13-15H2,1-3H3,(H,25,26,31)/b12-11+. The third-order valence-electron chi connectivity index (χ3n) is 5.47. The number of piperidine rings is 1. The number of aryl methyl sites for hydroxylation is 3. The maximum atomic E-state index is 12.8. The van der Waals surface area contributed by atoms with E-state index in [0.29, 0.717) is 24.1 Å². The summed E-state index contributed by atoms with van der Waals surface area (Å²) in [5, 5.41) is 7.89. The summed E-state index contributed by atoms with van der Waals surface area (Å²) in [6.07, 6.45) is 6.85. The first-order valence-electron chi connectivity index (χ1n) is 10.8. The molecule has 166 valence electrons. The fourth-order valence-electron chi connectivity index (χ4n) is 3.70. The fourth-order valence-corrected chi connectivity index (χ4v) is 4.03. The second-order valence-corrected chi connectivity index (χ2v) is 8.33. The minimum absolute atomic E-state index is 0.101. The second-order valence-electron chi connectivity index (χ2n) is 7.98. The zero-order valence-corrected chi connectivity index (χ0v) is 19.2. The zero-order chi connectivity index (χ0) is 22.4. The van der Waals surface area contributed by atoms with Crippen molar-refractivity contribution in [2.45, 2.75) is 53.0 Å². The van der Waals surface area contributed by atoms with Crippen LogP contribution in [0.1, 0.15) is 49.6 Å². The molecule has 1 aliphatic heterocycles. The molecule has 1 aliphatic rings. The van der Waals surface area contributed by atoms with Crippen molar-refractivity contribution < 1.29 is 9.59 Å². The van der Waals surface area contributed by atoms with E-state index in [1.165, 1.54) is 6.08 Å². The van der Waals surface area contributed by atoms with E-state index in [2.05, 4.69) is 22.3 Å². The van der Waals surface area contributed by atoms with Crippen molar-refractivity contribution in [1.29, 1.82) is 0 Å². The third-order valence-corrected chi connectivity index (χ3v) is 5.87. The summed E-state index contributed by atoms with van der Waals surface area (Å²) in [6.45, 7) is 7.68. The first kappa shape index (κ1) is 23.0. The number of pyridine rings is 1. The first-order chi connectivity index (χ1) is 14.9. The van der Waals surface area contributed by atoms with Gasteiger partial charge in [-0.05, 0) is 51.3 Å². The first-order valence-corrected chi connectivity index (χ1v) is 11.2. The number of halogens is 1. The largest absolute Gasteiger partial charge is 0.338 e. The molecule has 0 spiro atoms. The van der Waals surface area contributed by atoms with Gasteiger partial charge in [-0.1, -0.05) is 31.0 Å². The van der Waals surface area contributed by atoms with Crippen LogP contribution in [0.5, 0.6) is 0 Å². The second kappa shape index (κ2) is 10.6. The number of unbranched alkanes of at least 4 members (excludes halogenated alkanes) is 1. The molecule has 1 unspecified atom stereocenters. The van der Waals surface area contributed by atoms with Crippen LogP contribution in [0.2, 0.25) is 5.15 Å². The van der Waals surface area contributed by atoms with Gasteiger partial charge in [0.1, 0.15) is 11.0 Å². The predicted octanol–water partition coefficient (Wildman–Crippen LogP) is 4.24. The minimum atomic E-state index is -0.254. The Morgan fingerprint density at radius 3 is 2.87 bits per heavy atom. The summed E-state index contributed by atoms with van der Waals surface area (Å²) < 4.78 is 1.78. The van der Waals surface area contributed by atoms with Crippen LogP contribution in [0.3, 0.4) is 0 Å². The number of hydrogen-bond acceptors (Lipinski definition) is 4. The minimum Gasteiger partial charge on any atom is -0.338 e. The van der Waals surface area contributed by atoms with Gasteiger partial charge in [-0.25, -0.2) is 4.98 Å². The molecule has 7 nitrogen and oxygen atoms in total. The van der Waals surface area contributed by atoms with E-state index < -0.39 is 0 Å². The van der Waals surface area contributed by atoms with Crippen molar-refractivity contribution in [2.75, 3.05) is 18.4 Å². The number of hydrogen-bond donors (Lipinski definition) is 1. The smallest absolute Gasteiger partial charge is 0.246 e. The average molecular weight is 444 g/mol. The van der Waals surface area contributed by atoms with Gasteiger partial charge in [0.2, 0.25) is 11.8 Å². The highest BCUT2D eigenvalue weighted by atomic mass is 35.5. The molecule has 3 rings (SSSR count). The van der Waals surface area contributed by atoms with E-state index >= 15 is 0 Å². The molecule has 0 saturated carbocycles. The Labute approximate surface area is 188 Å². The van der Waals surface area contributed by atoms with Crippen LogP contribution >= 0.6 is 11.6 Å². The molecule has 1 N–H and O–H groups in total. The van der Waals surface area contributed by atoms with Crippen molar-refractivity contribution in [3.05, 3.63) is 46.4 Å². The lowest BCUT2D eigenvalue weighted by molar-refractivity contribution is -0.130. The molecule has 1 fully saturated rings. The van der Waals surface area contributed by atoms with E-state index in [0.717, 1.165) is 49.2 Å². The van der Waals surface area contributed by atoms with Crippen LogP contribution in [-0.4, -0.2) is 44.6 Å².